The van der Waals surface area contributed by atoms with Crippen LogP contribution < -0.4 is 9.62 Å². The molecule has 0 saturated heterocycles. The third kappa shape index (κ3) is 7.92. The van der Waals surface area contributed by atoms with Gasteiger partial charge in [-0.05, 0) is 68.7 Å². The van der Waals surface area contributed by atoms with Gasteiger partial charge in [-0.2, -0.15) is 0 Å². The summed E-state index contributed by atoms with van der Waals surface area (Å²) in [6, 6.07) is 21.7. The molecule has 3 rings (SSSR count). The van der Waals surface area contributed by atoms with E-state index in [-0.39, 0.29) is 23.4 Å². The van der Waals surface area contributed by atoms with Gasteiger partial charge in [0.25, 0.3) is 10.0 Å². The SMILES string of the molecule is CC[C@@H](C)NC(=O)[C@H](CC)N(Cc1cccc(C)c1)C(=O)CN(c1ccc(Br)cc1)S(=O)(=O)c1ccccc1. The summed E-state index contributed by atoms with van der Waals surface area (Å²) >= 11 is 3.39. The van der Waals surface area contributed by atoms with Crippen molar-refractivity contribution in [3.63, 3.8) is 0 Å². The number of hydrogen-bond donors (Lipinski definition) is 1. The number of aryl methyl sites for hydroxylation is 1. The molecule has 0 aliphatic heterocycles. The second-order valence-electron chi connectivity index (χ2n) is 9.55. The number of sulfonamides is 1. The highest BCUT2D eigenvalue weighted by atomic mass is 79.9. The molecule has 39 heavy (non-hydrogen) atoms. The molecule has 3 aromatic carbocycles. The predicted octanol–water partition coefficient (Wildman–Crippen LogP) is 5.67. The summed E-state index contributed by atoms with van der Waals surface area (Å²) in [4.78, 5) is 28.9. The van der Waals surface area contributed by atoms with E-state index < -0.39 is 28.5 Å². The van der Waals surface area contributed by atoms with Crippen molar-refractivity contribution in [3.05, 3.63) is 94.5 Å². The molecule has 1 N–H and O–H groups in total. The standard InChI is InChI=1S/C30H36BrN3O4S/c1-5-23(4)32-30(36)28(6-2)33(20-24-12-10-11-22(3)19-24)29(35)21-34(26-17-15-25(31)16-18-26)39(37,38)27-13-8-7-9-14-27/h7-19,23,28H,5-6,20-21H2,1-4H3,(H,32,36)/t23-,28+/m1/s1. The fraction of sp³-hybridized carbons (Fsp3) is 0.333. The molecule has 2 atom stereocenters. The Morgan fingerprint density at radius 3 is 2.18 bits per heavy atom. The molecule has 7 nitrogen and oxygen atoms in total. The highest BCUT2D eigenvalue weighted by Gasteiger charge is 2.33. The van der Waals surface area contributed by atoms with Gasteiger partial charge in [0, 0.05) is 17.1 Å². The number of nitrogens with zero attached hydrogens (tertiary/aromatic N) is 2. The molecule has 0 saturated carbocycles. The summed E-state index contributed by atoms with van der Waals surface area (Å²) in [7, 11) is -4.08. The van der Waals surface area contributed by atoms with E-state index in [1.165, 1.54) is 17.0 Å². The summed E-state index contributed by atoms with van der Waals surface area (Å²) in [6.07, 6.45) is 1.13. The molecule has 3 aromatic rings. The summed E-state index contributed by atoms with van der Waals surface area (Å²) in [6.45, 7) is 7.42. The second kappa shape index (κ2) is 13.8. The maximum atomic E-state index is 14.1. The average molecular weight is 615 g/mol. The van der Waals surface area contributed by atoms with Crippen LogP contribution in [-0.4, -0.2) is 43.8 Å². The monoisotopic (exact) mass is 613 g/mol. The Labute approximate surface area is 240 Å². The van der Waals surface area contributed by atoms with Gasteiger partial charge < -0.3 is 10.2 Å². The average Bonchev–Trinajstić information content (AvgIpc) is 2.92. The van der Waals surface area contributed by atoms with Crippen LogP contribution in [0.3, 0.4) is 0 Å². The first kappa shape index (κ1) is 30.4. The number of carbonyl (C=O) groups excluding carboxylic acids is 2. The Kier molecular flexibility index (Phi) is 10.7. The van der Waals surface area contributed by atoms with Crippen molar-refractivity contribution in [1.82, 2.24) is 10.2 Å². The molecule has 2 amide bonds. The minimum atomic E-state index is -4.08. The van der Waals surface area contributed by atoms with Gasteiger partial charge in [-0.1, -0.05) is 77.8 Å². The Morgan fingerprint density at radius 2 is 1.59 bits per heavy atom. The van der Waals surface area contributed by atoms with Gasteiger partial charge in [0.05, 0.1) is 10.6 Å². The Bertz CT molecular complexity index is 1360. The van der Waals surface area contributed by atoms with E-state index in [0.29, 0.717) is 12.1 Å². The van der Waals surface area contributed by atoms with E-state index >= 15 is 0 Å². The third-order valence-corrected chi connectivity index (χ3v) is 8.86. The number of hydrogen-bond acceptors (Lipinski definition) is 4. The molecule has 0 fully saturated rings. The lowest BCUT2D eigenvalue weighted by Gasteiger charge is -2.33. The van der Waals surface area contributed by atoms with Crippen molar-refractivity contribution in [1.29, 1.82) is 0 Å². The molecular formula is C30H36BrN3O4S. The molecule has 9 heteroatoms. The Morgan fingerprint density at radius 1 is 0.923 bits per heavy atom. The van der Waals surface area contributed by atoms with Crippen molar-refractivity contribution in [3.8, 4) is 0 Å². The van der Waals surface area contributed by atoms with Gasteiger partial charge in [0.1, 0.15) is 12.6 Å². The van der Waals surface area contributed by atoms with Crippen LogP contribution in [-0.2, 0) is 26.2 Å². The normalized spacial score (nSPS) is 12.8. The third-order valence-electron chi connectivity index (χ3n) is 6.55. The number of halogens is 1. The largest absolute Gasteiger partial charge is 0.352 e. The van der Waals surface area contributed by atoms with Crippen molar-refractivity contribution < 1.29 is 18.0 Å². The molecule has 0 aliphatic carbocycles. The van der Waals surface area contributed by atoms with Gasteiger partial charge >= 0.3 is 0 Å². The fourth-order valence-corrected chi connectivity index (χ4v) is 5.92. The van der Waals surface area contributed by atoms with Crippen LogP contribution in [0, 0.1) is 6.92 Å². The van der Waals surface area contributed by atoms with Gasteiger partial charge in [-0.25, -0.2) is 8.42 Å². The molecule has 0 aliphatic rings. The molecule has 0 unspecified atom stereocenters. The zero-order chi connectivity index (χ0) is 28.6. The van der Waals surface area contributed by atoms with Gasteiger partial charge in [-0.15, -0.1) is 0 Å². The maximum absolute atomic E-state index is 14.1. The highest BCUT2D eigenvalue weighted by molar-refractivity contribution is 9.10. The number of amides is 2. The van der Waals surface area contributed by atoms with Gasteiger partial charge in [-0.3, -0.25) is 13.9 Å². The van der Waals surface area contributed by atoms with Crippen molar-refractivity contribution in [2.45, 2.75) is 64.1 Å². The van der Waals surface area contributed by atoms with Crippen LogP contribution in [0.2, 0.25) is 0 Å². The quantitative estimate of drug-likeness (QED) is 0.285. The van der Waals surface area contributed by atoms with E-state index in [1.807, 2.05) is 52.0 Å². The molecule has 0 spiro atoms. The number of benzene rings is 3. The Balaban J connectivity index is 2.04. The molecule has 0 bridgehead atoms. The van der Waals surface area contributed by atoms with E-state index in [4.69, 9.17) is 0 Å². The number of rotatable bonds is 12. The molecular weight excluding hydrogens is 578 g/mol. The second-order valence-corrected chi connectivity index (χ2v) is 12.3. The predicted molar refractivity (Wildman–Crippen MR) is 159 cm³/mol. The summed E-state index contributed by atoms with van der Waals surface area (Å²) in [5, 5.41) is 2.99. The van der Waals surface area contributed by atoms with Crippen molar-refractivity contribution >= 4 is 43.5 Å². The first-order valence-electron chi connectivity index (χ1n) is 13.1. The van der Waals surface area contributed by atoms with Crippen LogP contribution in [0.4, 0.5) is 5.69 Å². The van der Waals surface area contributed by atoms with Crippen molar-refractivity contribution in [2.24, 2.45) is 0 Å². The first-order chi connectivity index (χ1) is 18.6. The zero-order valence-corrected chi connectivity index (χ0v) is 25.2. The number of anilines is 1. The van der Waals surface area contributed by atoms with E-state index in [1.54, 1.807) is 42.5 Å². The first-order valence-corrected chi connectivity index (χ1v) is 15.3. The summed E-state index contributed by atoms with van der Waals surface area (Å²) in [5.41, 5.74) is 2.24. The van der Waals surface area contributed by atoms with E-state index in [9.17, 15) is 18.0 Å². The lowest BCUT2D eigenvalue weighted by Crippen LogP contribution is -2.53. The minimum absolute atomic E-state index is 0.0554. The van der Waals surface area contributed by atoms with Crippen LogP contribution in [0.5, 0.6) is 0 Å². The maximum Gasteiger partial charge on any atom is 0.264 e. The highest BCUT2D eigenvalue weighted by Crippen LogP contribution is 2.26. The van der Waals surface area contributed by atoms with E-state index in [2.05, 4.69) is 21.2 Å². The summed E-state index contributed by atoms with van der Waals surface area (Å²) in [5.74, 6) is -0.723. The van der Waals surface area contributed by atoms with Gasteiger partial charge in [0.2, 0.25) is 11.8 Å². The van der Waals surface area contributed by atoms with Crippen LogP contribution >= 0.6 is 15.9 Å². The van der Waals surface area contributed by atoms with Crippen molar-refractivity contribution in [2.75, 3.05) is 10.8 Å². The molecule has 0 heterocycles. The number of nitrogens with one attached hydrogen (secondary N) is 1. The smallest absolute Gasteiger partial charge is 0.264 e. The van der Waals surface area contributed by atoms with Crippen LogP contribution in [0.1, 0.15) is 44.7 Å². The topological polar surface area (TPSA) is 86.8 Å². The lowest BCUT2D eigenvalue weighted by molar-refractivity contribution is -0.140. The van der Waals surface area contributed by atoms with Gasteiger partial charge in [0.15, 0.2) is 0 Å². The lowest BCUT2D eigenvalue weighted by atomic mass is 10.1. The fourth-order valence-electron chi connectivity index (χ4n) is 4.22. The minimum Gasteiger partial charge on any atom is -0.352 e. The van der Waals surface area contributed by atoms with Crippen LogP contribution in [0.15, 0.2) is 88.2 Å². The number of carbonyl (C=O) groups is 2. The molecule has 0 radical (unpaired) electrons. The Hall–Kier alpha value is -3.17. The zero-order valence-electron chi connectivity index (χ0n) is 22.8. The molecule has 0 aromatic heterocycles. The molecule has 208 valence electrons. The van der Waals surface area contributed by atoms with Crippen LogP contribution in [0.25, 0.3) is 0 Å². The summed E-state index contributed by atoms with van der Waals surface area (Å²) < 4.78 is 29.5. The van der Waals surface area contributed by atoms with E-state index in [0.717, 1.165) is 26.3 Å².